The van der Waals surface area contributed by atoms with Gasteiger partial charge in [-0.1, -0.05) is 43.4 Å². The third-order valence-electron chi connectivity index (χ3n) is 18.0. The van der Waals surface area contributed by atoms with Gasteiger partial charge >= 0.3 is 12.1 Å². The molecule has 6 atom stereocenters. The summed E-state index contributed by atoms with van der Waals surface area (Å²) in [5.41, 5.74) is 7.71. The smallest absolute Gasteiger partial charge is 0.415 e. The van der Waals surface area contributed by atoms with Crippen molar-refractivity contribution in [3.8, 4) is 29.0 Å². The van der Waals surface area contributed by atoms with Gasteiger partial charge in [-0.15, -0.1) is 5.92 Å². The molecule has 75 heavy (non-hydrogen) atoms. The van der Waals surface area contributed by atoms with Crippen LogP contribution in [0.3, 0.4) is 0 Å². The summed E-state index contributed by atoms with van der Waals surface area (Å²) in [6, 6.07) is 16.6. The summed E-state index contributed by atoms with van der Waals surface area (Å²) in [4.78, 5) is 66.3. The van der Waals surface area contributed by atoms with E-state index >= 15 is 0 Å². The molecule has 0 bridgehead atoms. The summed E-state index contributed by atoms with van der Waals surface area (Å²) in [5.74, 6) is 7.55. The topological polar surface area (TPSA) is 158 Å². The molecule has 1 unspecified atom stereocenters. The lowest BCUT2D eigenvalue weighted by atomic mass is 9.57. The largest absolute Gasteiger partial charge is 0.458 e. The molecule has 0 radical (unpaired) electrons. The Kier molecular flexibility index (Phi) is 13.9. The SMILES string of the molecule is CC#C[C@]1(O)CC[C@@H]2C1C[C@H](c1ccc(N(C)CCCCCCN3CCN(C(=O)Oc4ccc5nc6c(cc5c4CN(C)C)Cn4c-6cc5c(c4=O)COC(=O)[C@]5(O)CC)CC3)cc1)C1=C3CCC(=O)C=C3CC[C@H]12. The van der Waals surface area contributed by atoms with Crippen LogP contribution in [-0.4, -0.2) is 118 Å². The molecule has 1 amide bonds. The fourth-order valence-electron chi connectivity index (χ4n) is 14.1. The lowest BCUT2D eigenvalue weighted by Gasteiger charge is -2.48. The molecule has 5 heterocycles. The van der Waals surface area contributed by atoms with Gasteiger partial charge in [-0.2, -0.15) is 0 Å². The Bertz CT molecular complexity index is 3140. The first-order chi connectivity index (χ1) is 36.2. The Morgan fingerprint density at radius 1 is 0.947 bits per heavy atom. The minimum Gasteiger partial charge on any atom is -0.458 e. The number of cyclic esters (lactones) is 1. The molecule has 3 aliphatic heterocycles. The summed E-state index contributed by atoms with van der Waals surface area (Å²) in [5, 5.41) is 24.0. The van der Waals surface area contributed by atoms with Gasteiger partial charge in [0.05, 0.1) is 29.0 Å². The van der Waals surface area contributed by atoms with Crippen LogP contribution in [0.2, 0.25) is 0 Å². The summed E-state index contributed by atoms with van der Waals surface area (Å²) in [6.45, 7) is 8.85. The molecule has 14 nitrogen and oxygen atoms in total. The second-order valence-electron chi connectivity index (χ2n) is 22.7. The standard InChI is InChI=1S/C61H72N6O8/c1-6-23-60(72)24-22-44-45-18-14-39-31-42(68)17-19-43(39)55(45)46(33-50(44)60)38-12-15-41(16-13-38)64(5)25-10-8-9-11-26-65-27-29-66(30-28-65)59(71)75-54-21-20-52-47(48(54)36-63(3)4)32-40-35-67-53(56(40)62-52)34-51-49(57(67)69)37-74-58(70)61(51,73)7-2/h12-13,15-16,20-21,31-32,34,44-46,50,72-73H,7-11,14,17-19,22,24-30,33,35-37H2,1-5H3/t44-,45-,46+,50?,60-,61-/m0/s1. The Hall–Kier alpha value is -6.11. The van der Waals surface area contributed by atoms with E-state index in [2.05, 4.69) is 53.0 Å². The Balaban J connectivity index is 0.664. The van der Waals surface area contributed by atoms with Crippen LogP contribution in [0.4, 0.5) is 10.5 Å². The first-order valence-corrected chi connectivity index (χ1v) is 27.6. The number of allylic oxidation sites excluding steroid dienone is 4. The number of carbonyl (C=O) groups is 3. The van der Waals surface area contributed by atoms with Gasteiger partial charge in [-0.25, -0.2) is 14.6 Å². The number of nitrogens with zero attached hydrogens (tertiary/aromatic N) is 6. The van der Waals surface area contributed by atoms with E-state index in [-0.39, 0.29) is 60.0 Å². The molecule has 14 heteroatoms. The number of ketones is 1. The minimum atomic E-state index is -1.90. The number of ether oxygens (including phenoxy) is 2. The van der Waals surface area contributed by atoms with E-state index in [9.17, 15) is 29.4 Å². The molecule has 2 N–H and O–H groups in total. The third-order valence-corrected chi connectivity index (χ3v) is 18.0. The molecule has 4 aliphatic carbocycles. The first-order valence-electron chi connectivity index (χ1n) is 27.6. The fraction of sp³-hybridized carbons (Fsp3) is 0.525. The molecule has 0 spiro atoms. The average Bonchev–Trinajstić information content (AvgIpc) is 3.99. The number of aromatic nitrogens is 2. The summed E-state index contributed by atoms with van der Waals surface area (Å²) in [6.07, 6.45) is 12.2. The molecule has 2 aromatic carbocycles. The number of unbranched alkanes of at least 4 members (excludes halogenated alkanes) is 3. The van der Waals surface area contributed by atoms with Gasteiger partial charge in [0.25, 0.3) is 5.56 Å². The van der Waals surface area contributed by atoms with E-state index in [0.29, 0.717) is 60.5 Å². The fourth-order valence-corrected chi connectivity index (χ4v) is 14.1. The number of anilines is 1. The number of benzene rings is 2. The van der Waals surface area contributed by atoms with Gasteiger partial charge in [0.15, 0.2) is 11.4 Å². The number of carbonyl (C=O) groups excluding carboxylic acids is 3. The lowest BCUT2D eigenvalue weighted by Crippen LogP contribution is -2.49. The van der Waals surface area contributed by atoms with Crippen molar-refractivity contribution in [2.24, 2.45) is 17.8 Å². The van der Waals surface area contributed by atoms with Gasteiger partial charge in [0.2, 0.25) is 0 Å². The van der Waals surface area contributed by atoms with E-state index in [4.69, 9.17) is 14.5 Å². The summed E-state index contributed by atoms with van der Waals surface area (Å²) < 4.78 is 13.0. The van der Waals surface area contributed by atoms with Gasteiger partial charge in [-0.05, 0) is 156 Å². The second kappa shape index (κ2) is 20.4. The minimum absolute atomic E-state index is 0.0721. The van der Waals surface area contributed by atoms with Crippen LogP contribution < -0.4 is 15.2 Å². The molecular weight excluding hydrogens is 945 g/mol. The number of pyridine rings is 2. The maximum atomic E-state index is 13.8. The lowest BCUT2D eigenvalue weighted by molar-refractivity contribution is -0.172. The van der Waals surface area contributed by atoms with E-state index in [0.717, 1.165) is 107 Å². The number of esters is 1. The highest BCUT2D eigenvalue weighted by atomic mass is 16.6. The number of rotatable bonds is 13. The van der Waals surface area contributed by atoms with Crippen LogP contribution in [-0.2, 0) is 39.6 Å². The van der Waals surface area contributed by atoms with Crippen LogP contribution in [0, 0.1) is 29.6 Å². The van der Waals surface area contributed by atoms with E-state index < -0.39 is 17.2 Å². The predicted octanol–water partition coefficient (Wildman–Crippen LogP) is 8.22. The molecule has 4 aromatic rings. The normalized spacial score (nSPS) is 25.9. The molecule has 2 saturated carbocycles. The van der Waals surface area contributed by atoms with E-state index in [1.54, 1.807) is 34.1 Å². The van der Waals surface area contributed by atoms with Crippen molar-refractivity contribution in [3.05, 3.63) is 109 Å². The van der Waals surface area contributed by atoms with Crippen molar-refractivity contribution in [1.29, 1.82) is 0 Å². The number of aliphatic hydroxyl groups is 2. The number of piperazine rings is 1. The molecule has 2 aromatic heterocycles. The molecule has 3 fully saturated rings. The second-order valence-corrected chi connectivity index (χ2v) is 22.7. The highest BCUT2D eigenvalue weighted by Crippen LogP contribution is 2.61. The third kappa shape index (κ3) is 9.31. The zero-order valence-electron chi connectivity index (χ0n) is 44.4. The van der Waals surface area contributed by atoms with Crippen molar-refractivity contribution in [3.63, 3.8) is 0 Å². The Labute approximate surface area is 440 Å². The van der Waals surface area contributed by atoms with Crippen molar-refractivity contribution >= 4 is 34.4 Å². The van der Waals surface area contributed by atoms with Crippen LogP contribution in [0.15, 0.2) is 76.1 Å². The first kappa shape index (κ1) is 51.0. The molecule has 11 rings (SSSR count). The van der Waals surface area contributed by atoms with E-state index in [1.165, 1.54) is 22.4 Å². The number of amides is 1. The highest BCUT2D eigenvalue weighted by Gasteiger charge is 2.55. The van der Waals surface area contributed by atoms with Crippen molar-refractivity contribution < 1.29 is 34.1 Å². The van der Waals surface area contributed by atoms with Gasteiger partial charge in [0, 0.05) is 92.3 Å². The molecule has 7 aliphatic rings. The average molecular weight is 1020 g/mol. The Morgan fingerprint density at radius 3 is 2.49 bits per heavy atom. The summed E-state index contributed by atoms with van der Waals surface area (Å²) in [7, 11) is 6.11. The van der Waals surface area contributed by atoms with Gasteiger partial charge in [-0.3, -0.25) is 14.5 Å². The van der Waals surface area contributed by atoms with Gasteiger partial charge < -0.3 is 39.0 Å². The summed E-state index contributed by atoms with van der Waals surface area (Å²) >= 11 is 0. The maximum absolute atomic E-state index is 13.8. The molecule has 394 valence electrons. The van der Waals surface area contributed by atoms with Crippen molar-refractivity contribution in [2.45, 2.75) is 128 Å². The van der Waals surface area contributed by atoms with Crippen molar-refractivity contribution in [1.82, 2.24) is 24.3 Å². The van der Waals surface area contributed by atoms with Crippen molar-refractivity contribution in [2.75, 3.05) is 65.3 Å². The predicted molar refractivity (Wildman–Crippen MR) is 288 cm³/mol. The highest BCUT2D eigenvalue weighted by molar-refractivity contribution is 5.93. The van der Waals surface area contributed by atoms with Crippen LogP contribution in [0.5, 0.6) is 5.75 Å². The van der Waals surface area contributed by atoms with Crippen LogP contribution in [0.25, 0.3) is 22.3 Å². The van der Waals surface area contributed by atoms with Crippen LogP contribution in [0.1, 0.15) is 125 Å². The number of hydrogen-bond donors (Lipinski definition) is 2. The molecular formula is C61H72N6O8. The monoisotopic (exact) mass is 1020 g/mol. The quantitative estimate of drug-likeness (QED) is 0.0663. The van der Waals surface area contributed by atoms with Crippen LogP contribution >= 0.6 is 0 Å². The zero-order valence-corrected chi connectivity index (χ0v) is 44.4. The maximum Gasteiger partial charge on any atom is 0.415 e. The zero-order chi connectivity index (χ0) is 52.3. The molecule has 1 saturated heterocycles. The number of hydrogen-bond acceptors (Lipinski definition) is 12. The Morgan fingerprint density at radius 2 is 1.73 bits per heavy atom. The van der Waals surface area contributed by atoms with Gasteiger partial charge in [0.1, 0.15) is 18.0 Å². The number of fused-ring (bicyclic) bond motifs is 9. The van der Waals surface area contributed by atoms with E-state index in [1.807, 2.05) is 44.1 Å².